The van der Waals surface area contributed by atoms with Gasteiger partial charge in [0.25, 0.3) is 14.4 Å². The first-order chi connectivity index (χ1) is 28.4. The second kappa shape index (κ2) is 18.0. The quantitative estimate of drug-likeness (QED) is 0.0724. The number of ether oxygens (including phenoxy) is 4. The van der Waals surface area contributed by atoms with Crippen LogP contribution in [0.25, 0.3) is 11.2 Å². The number of nitrogens with zero attached hydrogens (tertiary/aromatic N) is 6. The number of nitriles is 1. The van der Waals surface area contributed by atoms with Gasteiger partial charge in [-0.1, -0.05) is 103 Å². The third kappa shape index (κ3) is 8.24. The zero-order valence-corrected chi connectivity index (χ0v) is 34.7. The van der Waals surface area contributed by atoms with Crippen molar-refractivity contribution in [3.63, 3.8) is 0 Å². The number of anilines is 1. The maximum Gasteiger partial charge on any atom is 0.264 e. The van der Waals surface area contributed by atoms with Gasteiger partial charge in [0.1, 0.15) is 32.6 Å². The van der Waals surface area contributed by atoms with Crippen molar-refractivity contribution < 1.29 is 32.8 Å². The van der Waals surface area contributed by atoms with Crippen molar-refractivity contribution in [3.8, 4) is 17.7 Å². The summed E-state index contributed by atoms with van der Waals surface area (Å²) in [6, 6.07) is 34.1. The van der Waals surface area contributed by atoms with Crippen molar-refractivity contribution in [1.82, 2.24) is 24.2 Å². The molecule has 3 aliphatic heterocycles. The van der Waals surface area contributed by atoms with Crippen LogP contribution < -0.4 is 25.2 Å². The zero-order chi connectivity index (χ0) is 40.1. The summed E-state index contributed by atoms with van der Waals surface area (Å²) in [4.78, 5) is 26.8. The second-order valence-corrected chi connectivity index (χ2v) is 20.5. The summed E-state index contributed by atoms with van der Waals surface area (Å²) in [5.41, 5.74) is 0.708. The fraction of sp³-hybridized carbons (Fsp3) is 0.405. The van der Waals surface area contributed by atoms with Gasteiger partial charge < -0.3 is 28.0 Å². The first kappa shape index (κ1) is 40.0. The van der Waals surface area contributed by atoms with Crippen LogP contribution in [-0.2, 0) is 23.3 Å². The Balaban J connectivity index is 1.04. The van der Waals surface area contributed by atoms with Crippen LogP contribution in [0.15, 0.2) is 97.3 Å². The molecule has 7 atom stereocenters. The van der Waals surface area contributed by atoms with E-state index in [0.29, 0.717) is 23.3 Å². The number of carbonyl (C=O) groups excluding carboxylic acids is 1. The fourth-order valence-corrected chi connectivity index (χ4v) is 14.3. The largest absolute Gasteiger partial charge is 0.484 e. The maximum absolute atomic E-state index is 13.0. The smallest absolute Gasteiger partial charge is 0.264 e. The van der Waals surface area contributed by atoms with Crippen LogP contribution in [0, 0.1) is 11.3 Å². The maximum atomic E-state index is 13.0. The minimum absolute atomic E-state index is 0.00911. The summed E-state index contributed by atoms with van der Waals surface area (Å²) in [6.45, 7) is 5.26. The minimum Gasteiger partial charge on any atom is -0.484 e. The van der Waals surface area contributed by atoms with Crippen molar-refractivity contribution in [2.24, 2.45) is 0 Å². The molecule has 0 radical (unpaired) electrons. The van der Waals surface area contributed by atoms with Gasteiger partial charge in [0.2, 0.25) is 11.8 Å². The first-order valence-corrected chi connectivity index (χ1v) is 23.7. The molecule has 5 aromatic rings. The zero-order valence-electron chi connectivity index (χ0n) is 32.8. The fourth-order valence-electron chi connectivity index (χ4n) is 8.28. The number of methoxy groups -OCH3 is 1. The van der Waals surface area contributed by atoms with E-state index in [0.717, 1.165) is 25.4 Å². The van der Waals surface area contributed by atoms with Crippen LogP contribution >= 0.6 is 8.53 Å². The number of amides is 1. The van der Waals surface area contributed by atoms with Gasteiger partial charge in [0, 0.05) is 19.7 Å². The summed E-state index contributed by atoms with van der Waals surface area (Å²) in [5.74, 6) is 0.209. The Hall–Kier alpha value is -4.78. The van der Waals surface area contributed by atoms with Crippen LogP contribution in [0.3, 0.4) is 0 Å². The van der Waals surface area contributed by atoms with Crippen LogP contribution in [0.1, 0.15) is 38.8 Å². The Kier molecular flexibility index (Phi) is 12.4. The summed E-state index contributed by atoms with van der Waals surface area (Å²) >= 11 is 0. The van der Waals surface area contributed by atoms with E-state index in [2.05, 4.69) is 100 Å². The molecule has 3 aromatic carbocycles. The predicted molar refractivity (Wildman–Crippen MR) is 222 cm³/mol. The van der Waals surface area contributed by atoms with E-state index in [1.54, 1.807) is 30.1 Å². The number of aromatic nitrogens is 4. The molecule has 0 spiro atoms. The van der Waals surface area contributed by atoms with E-state index in [1.165, 1.54) is 10.4 Å². The van der Waals surface area contributed by atoms with E-state index < -0.39 is 40.9 Å². The molecule has 0 saturated carbocycles. The molecule has 3 aliphatic rings. The van der Waals surface area contributed by atoms with Gasteiger partial charge in [0.15, 0.2) is 24.0 Å². The molecule has 1 unspecified atom stereocenters. The van der Waals surface area contributed by atoms with Crippen LogP contribution in [-0.4, -0.2) is 95.5 Å². The van der Waals surface area contributed by atoms with Gasteiger partial charge in [-0.2, -0.15) is 15.2 Å². The molecule has 16 heteroatoms. The van der Waals surface area contributed by atoms with Gasteiger partial charge in [-0.15, -0.1) is 0 Å². The minimum atomic E-state index is -2.19. The number of rotatable bonds is 16. The summed E-state index contributed by atoms with van der Waals surface area (Å²) in [5, 5.41) is 14.7. The summed E-state index contributed by atoms with van der Waals surface area (Å²) in [7, 11) is -1.95. The van der Waals surface area contributed by atoms with Gasteiger partial charge in [-0.25, -0.2) is 9.65 Å². The molecule has 0 aliphatic carbocycles. The molecule has 3 fully saturated rings. The molecule has 5 heterocycles. The third-order valence-electron chi connectivity index (χ3n) is 11.2. The van der Waals surface area contributed by atoms with Crippen molar-refractivity contribution in [2.75, 3.05) is 32.2 Å². The van der Waals surface area contributed by atoms with Crippen LogP contribution in [0.2, 0.25) is 12.6 Å². The Morgan fingerprint density at radius 3 is 2.36 bits per heavy atom. The number of fused-ring (bicyclic) bond motifs is 2. The Labute approximate surface area is 340 Å². The summed E-state index contributed by atoms with van der Waals surface area (Å²) < 4.78 is 42.8. The topological polar surface area (TPSA) is 155 Å². The van der Waals surface area contributed by atoms with Gasteiger partial charge >= 0.3 is 0 Å². The number of hydrogen-bond donors (Lipinski definition) is 1. The molecule has 0 bridgehead atoms. The van der Waals surface area contributed by atoms with Crippen LogP contribution in [0.4, 0.5) is 5.95 Å². The molecular formula is C42H48N7O7PSi. The molecule has 3 saturated heterocycles. The molecule has 302 valence electrons. The summed E-state index contributed by atoms with van der Waals surface area (Å²) in [6.07, 6.45) is 2.55. The molecule has 58 heavy (non-hydrogen) atoms. The highest BCUT2D eigenvalue weighted by Gasteiger charge is 2.54. The van der Waals surface area contributed by atoms with Crippen molar-refractivity contribution in [3.05, 3.63) is 97.3 Å². The lowest BCUT2D eigenvalue weighted by molar-refractivity contribution is -0.118. The van der Waals surface area contributed by atoms with E-state index in [-0.39, 0.29) is 49.7 Å². The highest BCUT2D eigenvalue weighted by Crippen LogP contribution is 2.59. The number of para-hydroxylation sites is 1. The molecular weight excluding hydrogens is 774 g/mol. The van der Waals surface area contributed by atoms with Crippen molar-refractivity contribution in [2.45, 2.75) is 81.9 Å². The lowest BCUT2D eigenvalue weighted by Gasteiger charge is -2.32. The van der Waals surface area contributed by atoms with Crippen LogP contribution in [0.5, 0.6) is 11.6 Å². The van der Waals surface area contributed by atoms with E-state index in [1.807, 2.05) is 18.2 Å². The monoisotopic (exact) mass is 821 g/mol. The molecule has 2 aromatic heterocycles. The number of benzene rings is 3. The highest BCUT2D eigenvalue weighted by molar-refractivity contribution is 7.45. The van der Waals surface area contributed by atoms with E-state index >= 15 is 0 Å². The van der Waals surface area contributed by atoms with Gasteiger partial charge in [-0.3, -0.25) is 14.7 Å². The average Bonchev–Trinajstić information content (AvgIpc) is 4.05. The van der Waals surface area contributed by atoms with Gasteiger partial charge in [0.05, 0.1) is 31.0 Å². The number of nitrogens with one attached hydrogen (secondary N) is 1. The second-order valence-electron chi connectivity index (χ2n) is 14.8. The predicted octanol–water partition coefficient (Wildman–Crippen LogP) is 5.83. The lowest BCUT2D eigenvalue weighted by Crippen LogP contribution is -2.58. The lowest BCUT2D eigenvalue weighted by atomic mass is 10.1. The molecule has 1 amide bonds. The first-order valence-electron chi connectivity index (χ1n) is 19.8. The molecule has 14 nitrogen and oxygen atoms in total. The highest BCUT2D eigenvalue weighted by atomic mass is 31.2. The number of carbonyl (C=O) groups is 1. The van der Waals surface area contributed by atoms with E-state index in [9.17, 15) is 4.79 Å². The van der Waals surface area contributed by atoms with Crippen molar-refractivity contribution >= 4 is 50.0 Å². The Bertz CT molecular complexity index is 2160. The molecule has 8 rings (SSSR count). The standard InChI is InChI=1S/C42H48N7O7PSi/c1-4-33-37(56-57-49-24-14-22-32(49)34(55-57)27-58(3,30-18-10-6-11-19-30)31-20-12-7-13-21-31)38(51-2)41(54-33)48-28-44-36-39(48)46-42(47-40(36)52-25-15-23-43)45-35(50)26-53-29-16-8-5-9-17-29/h5-13,16-21,28,32-34,37-38,41H,4,14-15,22,24-27H2,1-3H3,(H,45,46,47,50)/t32-,33+,34+,37?,38-,41+,57+/m0/s1. The number of imidazole rings is 1. The molecule has 1 N–H and O–H groups in total. The Morgan fingerprint density at radius 1 is 0.983 bits per heavy atom. The Morgan fingerprint density at radius 2 is 1.69 bits per heavy atom. The normalized spacial score (nSPS) is 24.4. The average molecular weight is 822 g/mol. The SMILES string of the molecule is CC[C@H]1O[C@@H](n2cnc3c(OCCC#N)nc(NC(=O)COc4ccccc4)nc32)[C@@H](OC)C1O[P@@]1O[C@H](C[Si](C)(c2ccccc2)c2ccccc2)[C@@H]2CCCN21. The number of hydrogen-bond acceptors (Lipinski definition) is 12. The van der Waals surface area contributed by atoms with Crippen molar-refractivity contribution in [1.29, 1.82) is 5.26 Å². The third-order valence-corrected chi connectivity index (χ3v) is 17.4. The van der Waals surface area contributed by atoms with E-state index in [4.69, 9.17) is 38.2 Å². The van der Waals surface area contributed by atoms with Gasteiger partial charge in [-0.05, 0) is 37.4 Å².